The summed E-state index contributed by atoms with van der Waals surface area (Å²) in [6, 6.07) is 12.8. The van der Waals surface area contributed by atoms with Gasteiger partial charge in [0.1, 0.15) is 12.4 Å². The molecule has 1 atom stereocenters. The molecule has 0 fully saturated rings. The second-order valence-corrected chi connectivity index (χ2v) is 9.70. The monoisotopic (exact) mass is 475 g/mol. The summed E-state index contributed by atoms with van der Waals surface area (Å²) < 4.78 is 36.3. The van der Waals surface area contributed by atoms with E-state index in [9.17, 15) is 13.5 Å². The van der Waals surface area contributed by atoms with Crippen LogP contribution in [0.2, 0.25) is 0 Å². The molecule has 9 heteroatoms. The minimum absolute atomic E-state index is 0.323. The van der Waals surface area contributed by atoms with Crippen LogP contribution in [0.3, 0.4) is 0 Å². The van der Waals surface area contributed by atoms with Gasteiger partial charge in [0, 0.05) is 55.0 Å². The molecule has 0 amide bonds. The van der Waals surface area contributed by atoms with Gasteiger partial charge in [-0.1, -0.05) is 19.1 Å². The van der Waals surface area contributed by atoms with Crippen molar-refractivity contribution in [2.45, 2.75) is 25.9 Å². The molecule has 8 nitrogen and oxygen atoms in total. The van der Waals surface area contributed by atoms with Crippen LogP contribution in [0, 0.1) is 0 Å². The van der Waals surface area contributed by atoms with Crippen LogP contribution in [0.4, 0.5) is 5.69 Å². The molecule has 0 aliphatic carbocycles. The summed E-state index contributed by atoms with van der Waals surface area (Å²) in [5, 5.41) is 14.8. The Kier molecular flexibility index (Phi) is 8.74. The third kappa shape index (κ3) is 7.20. The Bertz CT molecular complexity index is 1160. The van der Waals surface area contributed by atoms with Crippen molar-refractivity contribution in [1.82, 2.24) is 10.3 Å². The van der Waals surface area contributed by atoms with Gasteiger partial charge < -0.3 is 24.9 Å². The van der Waals surface area contributed by atoms with E-state index in [2.05, 4.69) is 28.0 Å². The topological polar surface area (TPSA) is 113 Å². The van der Waals surface area contributed by atoms with Gasteiger partial charge >= 0.3 is 0 Å². The van der Waals surface area contributed by atoms with Crippen LogP contribution in [0.25, 0.3) is 10.9 Å². The predicted molar refractivity (Wildman–Crippen MR) is 131 cm³/mol. The first-order chi connectivity index (χ1) is 15.8. The molecule has 2 aromatic carbocycles. The first-order valence-electron chi connectivity index (χ1n) is 11.0. The number of aryl methyl sites for hydroxylation is 1. The fourth-order valence-electron chi connectivity index (χ4n) is 3.82. The molecule has 0 aliphatic rings. The van der Waals surface area contributed by atoms with Crippen molar-refractivity contribution in [1.29, 1.82) is 0 Å². The molecule has 180 valence electrons. The van der Waals surface area contributed by atoms with Crippen LogP contribution in [0.15, 0.2) is 42.5 Å². The number of nitrogens with one attached hydrogen (secondary N) is 3. The smallest absolute Gasteiger partial charge is 0.229 e. The van der Waals surface area contributed by atoms with E-state index in [0.29, 0.717) is 37.6 Å². The van der Waals surface area contributed by atoms with E-state index in [1.165, 1.54) is 16.6 Å². The number of anilines is 1. The first-order valence-corrected chi connectivity index (χ1v) is 12.9. The Labute approximate surface area is 195 Å². The van der Waals surface area contributed by atoms with Crippen LogP contribution >= 0.6 is 0 Å². The molecule has 1 aromatic heterocycles. The van der Waals surface area contributed by atoms with Crippen LogP contribution in [-0.4, -0.2) is 58.2 Å². The minimum Gasteiger partial charge on any atom is -0.492 e. The zero-order chi connectivity index (χ0) is 23.8. The lowest BCUT2D eigenvalue weighted by Gasteiger charge is -2.14. The molecule has 4 N–H and O–H groups in total. The number of benzene rings is 2. The van der Waals surface area contributed by atoms with Crippen LogP contribution < -0.4 is 14.8 Å². The van der Waals surface area contributed by atoms with Crippen molar-refractivity contribution >= 4 is 26.6 Å². The molecule has 0 spiro atoms. The van der Waals surface area contributed by atoms with E-state index < -0.39 is 16.1 Å². The molecule has 0 radical (unpaired) electrons. The Hall–Kier alpha value is -2.59. The number of sulfonamides is 1. The Morgan fingerprint density at radius 3 is 2.70 bits per heavy atom. The third-order valence-electron chi connectivity index (χ3n) is 5.34. The van der Waals surface area contributed by atoms with Crippen LogP contribution in [-0.2, 0) is 27.6 Å². The van der Waals surface area contributed by atoms with Gasteiger partial charge in [-0.3, -0.25) is 4.72 Å². The number of hydrogen-bond donors (Lipinski definition) is 4. The second kappa shape index (κ2) is 11.5. The van der Waals surface area contributed by atoms with Gasteiger partial charge in [-0.2, -0.15) is 0 Å². The number of aliphatic hydroxyl groups is 1. The molecule has 3 aromatic rings. The fraction of sp³-hybridized carbons (Fsp3) is 0.417. The Balaban J connectivity index is 1.49. The summed E-state index contributed by atoms with van der Waals surface area (Å²) in [7, 11) is -1.65. The number of hydrogen-bond acceptors (Lipinski definition) is 6. The molecule has 0 saturated carbocycles. The normalized spacial score (nSPS) is 12.7. The van der Waals surface area contributed by atoms with Crippen molar-refractivity contribution < 1.29 is 23.0 Å². The maximum absolute atomic E-state index is 11.4. The van der Waals surface area contributed by atoms with Gasteiger partial charge in [-0.05, 0) is 41.8 Å². The van der Waals surface area contributed by atoms with E-state index >= 15 is 0 Å². The molecule has 3 rings (SSSR count). The molecule has 0 unspecified atom stereocenters. The highest BCUT2D eigenvalue weighted by molar-refractivity contribution is 7.92. The molecule has 0 bridgehead atoms. The number of fused-ring (bicyclic) bond motifs is 1. The van der Waals surface area contributed by atoms with Crippen molar-refractivity contribution in [3.05, 3.63) is 59.3 Å². The van der Waals surface area contributed by atoms with Gasteiger partial charge in [0.25, 0.3) is 0 Å². The standard InChI is InChI=1S/C24H33N3O5S/c1-4-20-21-9-8-19(15-23(21)26-22(20)10-12-31-2)32-13-11-25-16-24(28)17-6-5-7-18(14-17)27-33(3,29)30/h5-9,14-15,24-28H,4,10-13,16H2,1-3H3/t24-/m0/s1. The largest absolute Gasteiger partial charge is 0.492 e. The molecular formula is C24H33N3O5S. The fourth-order valence-corrected chi connectivity index (χ4v) is 4.38. The average molecular weight is 476 g/mol. The van der Waals surface area contributed by atoms with Crippen molar-refractivity contribution in [3.8, 4) is 5.75 Å². The molecule has 0 saturated heterocycles. The Morgan fingerprint density at radius 1 is 1.15 bits per heavy atom. The maximum atomic E-state index is 11.4. The lowest BCUT2D eigenvalue weighted by Crippen LogP contribution is -2.26. The molecule has 33 heavy (non-hydrogen) atoms. The lowest BCUT2D eigenvalue weighted by atomic mass is 10.1. The summed E-state index contributed by atoms with van der Waals surface area (Å²) in [6.45, 7) is 4.16. The van der Waals surface area contributed by atoms with Crippen molar-refractivity contribution in [2.24, 2.45) is 0 Å². The van der Waals surface area contributed by atoms with Gasteiger partial charge in [-0.15, -0.1) is 0 Å². The van der Waals surface area contributed by atoms with E-state index in [1.807, 2.05) is 12.1 Å². The van der Waals surface area contributed by atoms with Gasteiger partial charge in [0.15, 0.2) is 0 Å². The highest BCUT2D eigenvalue weighted by Crippen LogP contribution is 2.27. The average Bonchev–Trinajstić information content (AvgIpc) is 3.12. The SMILES string of the molecule is CCc1c(CCOC)[nH]c2cc(OCCNC[C@H](O)c3cccc(NS(C)(=O)=O)c3)ccc12. The highest BCUT2D eigenvalue weighted by atomic mass is 32.2. The van der Waals surface area contributed by atoms with Crippen LogP contribution in [0.1, 0.15) is 29.8 Å². The zero-order valence-corrected chi connectivity index (χ0v) is 20.2. The number of aromatic amines is 1. The zero-order valence-electron chi connectivity index (χ0n) is 19.3. The highest BCUT2D eigenvalue weighted by Gasteiger charge is 2.11. The third-order valence-corrected chi connectivity index (χ3v) is 5.94. The van der Waals surface area contributed by atoms with Gasteiger partial charge in [0.05, 0.1) is 19.0 Å². The van der Waals surface area contributed by atoms with E-state index in [-0.39, 0.29) is 0 Å². The number of H-pyrrole nitrogens is 1. The van der Waals surface area contributed by atoms with E-state index in [4.69, 9.17) is 9.47 Å². The van der Waals surface area contributed by atoms with Crippen molar-refractivity contribution in [3.63, 3.8) is 0 Å². The van der Waals surface area contributed by atoms with Gasteiger partial charge in [0.2, 0.25) is 10.0 Å². The number of aromatic nitrogens is 1. The lowest BCUT2D eigenvalue weighted by molar-refractivity contribution is 0.172. The number of rotatable bonds is 13. The second-order valence-electron chi connectivity index (χ2n) is 7.95. The molecular weight excluding hydrogens is 442 g/mol. The number of aliphatic hydroxyl groups excluding tert-OH is 1. The van der Waals surface area contributed by atoms with Gasteiger partial charge in [-0.25, -0.2) is 8.42 Å². The summed E-state index contributed by atoms with van der Waals surface area (Å²) in [5.74, 6) is 0.784. The Morgan fingerprint density at radius 2 is 1.97 bits per heavy atom. The maximum Gasteiger partial charge on any atom is 0.229 e. The minimum atomic E-state index is -3.36. The first kappa shape index (κ1) is 25.0. The predicted octanol–water partition coefficient (Wildman–Crippen LogP) is 2.99. The van der Waals surface area contributed by atoms with Crippen LogP contribution in [0.5, 0.6) is 5.75 Å². The van der Waals surface area contributed by atoms with Crippen molar-refractivity contribution in [2.75, 3.05) is 44.4 Å². The number of ether oxygens (including phenoxy) is 2. The molecule has 1 heterocycles. The summed E-state index contributed by atoms with van der Waals surface area (Å²) in [5.41, 5.74) is 4.64. The summed E-state index contributed by atoms with van der Waals surface area (Å²) in [4.78, 5) is 3.49. The van der Waals surface area contributed by atoms with E-state index in [0.717, 1.165) is 30.4 Å². The quantitative estimate of drug-likeness (QED) is 0.283. The summed E-state index contributed by atoms with van der Waals surface area (Å²) >= 11 is 0. The summed E-state index contributed by atoms with van der Waals surface area (Å²) in [6.07, 6.45) is 2.14. The molecule has 0 aliphatic heterocycles. The van der Waals surface area contributed by atoms with E-state index in [1.54, 1.807) is 31.4 Å². The number of methoxy groups -OCH3 is 1.